The second-order valence-electron chi connectivity index (χ2n) is 1.98. The summed E-state index contributed by atoms with van der Waals surface area (Å²) >= 11 is 0. The molecular weight excluding hydrogens is 206 g/mol. The maximum absolute atomic E-state index is 12.3. The number of nitrogens with two attached hydrogens (primary N) is 2. The van der Waals surface area contributed by atoms with Crippen LogP contribution in [0.5, 0.6) is 0 Å². The lowest BCUT2D eigenvalue weighted by Crippen LogP contribution is -2.20. The molecule has 4 N–H and O–H groups in total. The molecule has 0 aliphatic rings. The van der Waals surface area contributed by atoms with E-state index in [0.717, 1.165) is 0 Å². The predicted molar refractivity (Wildman–Crippen MR) is 40.0 cm³/mol. The molecule has 0 atom stereocenters. The van der Waals surface area contributed by atoms with Gasteiger partial charge in [0.05, 0.1) is 0 Å². The minimum atomic E-state index is -2.21. The number of rotatable bonds is 0. The zero-order chi connectivity index (χ0) is 11.5. The van der Waals surface area contributed by atoms with Crippen LogP contribution in [-0.2, 0) is 0 Å². The summed E-state index contributed by atoms with van der Waals surface area (Å²) < 4.78 is 61.1. The van der Waals surface area contributed by atoms with Crippen molar-refractivity contribution in [2.75, 3.05) is 0 Å². The van der Waals surface area contributed by atoms with Crippen LogP contribution in [0.1, 0.15) is 0 Å². The van der Waals surface area contributed by atoms with Crippen molar-refractivity contribution in [3.63, 3.8) is 0 Å². The van der Waals surface area contributed by atoms with Gasteiger partial charge in [0.25, 0.3) is 0 Å². The molecule has 14 heavy (non-hydrogen) atoms. The van der Waals surface area contributed by atoms with Gasteiger partial charge in [0, 0.05) is 0 Å². The van der Waals surface area contributed by atoms with E-state index >= 15 is 0 Å². The maximum Gasteiger partial charge on any atom is 0.200 e. The topological polar surface area (TPSA) is 52.0 Å². The number of hydrogen-bond acceptors (Lipinski definition) is 2. The molecule has 0 saturated carbocycles. The maximum atomic E-state index is 12.3. The van der Waals surface area contributed by atoms with Gasteiger partial charge in [0.1, 0.15) is 7.85 Å². The molecule has 0 amide bonds. The van der Waals surface area contributed by atoms with Crippen molar-refractivity contribution in [1.82, 2.24) is 0 Å². The molecule has 0 spiro atoms. The lowest BCUT2D eigenvalue weighted by atomic mass is 9.94. The smallest absolute Gasteiger partial charge is 0.200 e. The highest BCUT2D eigenvalue weighted by Crippen LogP contribution is 2.14. The molecule has 0 aliphatic carbocycles. The van der Waals surface area contributed by atoms with Gasteiger partial charge in [-0.2, -0.15) is 0 Å². The SMILES string of the molecule is NN.[B]c1c(F)c(F)c(F)c(F)c1F. The monoisotopic (exact) mass is 210 g/mol. The van der Waals surface area contributed by atoms with E-state index in [-0.39, 0.29) is 0 Å². The first-order valence-electron chi connectivity index (χ1n) is 3.07. The highest BCUT2D eigenvalue weighted by molar-refractivity contribution is 6.32. The quantitative estimate of drug-likeness (QED) is 0.158. The molecule has 2 radical (unpaired) electrons. The van der Waals surface area contributed by atoms with E-state index in [1.165, 1.54) is 0 Å². The average molecular weight is 210 g/mol. The van der Waals surface area contributed by atoms with Crippen LogP contribution in [0.15, 0.2) is 0 Å². The lowest BCUT2D eigenvalue weighted by Gasteiger charge is -2.02. The van der Waals surface area contributed by atoms with Gasteiger partial charge in [-0.3, -0.25) is 11.7 Å². The lowest BCUT2D eigenvalue weighted by molar-refractivity contribution is 0.384. The standard InChI is InChI=1S/C6BF5.H4N2/c7-1-2(8)4(10)6(12)5(11)3(1)9;1-2/h;1-2H2. The fourth-order valence-electron chi connectivity index (χ4n) is 0.622. The Morgan fingerprint density at radius 1 is 0.643 bits per heavy atom. The Bertz CT molecular complexity index is 238. The summed E-state index contributed by atoms with van der Waals surface area (Å²) in [4.78, 5) is 0. The molecule has 0 aromatic heterocycles. The molecule has 8 heteroatoms. The largest absolute Gasteiger partial charge is 0.274 e. The summed E-state index contributed by atoms with van der Waals surface area (Å²) in [5, 5.41) is 0. The van der Waals surface area contributed by atoms with Crippen LogP contribution in [0.4, 0.5) is 22.0 Å². The first kappa shape index (κ1) is 12.9. The Labute approximate surface area is 77.1 Å². The minimum Gasteiger partial charge on any atom is -0.274 e. The Kier molecular flexibility index (Phi) is 4.51. The van der Waals surface area contributed by atoms with E-state index in [2.05, 4.69) is 19.5 Å². The van der Waals surface area contributed by atoms with Crippen molar-refractivity contribution >= 4 is 13.3 Å². The van der Waals surface area contributed by atoms with Crippen molar-refractivity contribution in [1.29, 1.82) is 0 Å². The van der Waals surface area contributed by atoms with Gasteiger partial charge >= 0.3 is 0 Å². The number of hydrogen-bond donors (Lipinski definition) is 2. The van der Waals surface area contributed by atoms with Crippen LogP contribution in [-0.4, -0.2) is 7.85 Å². The van der Waals surface area contributed by atoms with Gasteiger partial charge in [0.2, 0.25) is 0 Å². The van der Waals surface area contributed by atoms with Crippen LogP contribution < -0.4 is 17.1 Å². The molecule has 0 heterocycles. The van der Waals surface area contributed by atoms with Crippen molar-refractivity contribution in [2.45, 2.75) is 0 Å². The molecule has 1 rings (SSSR count). The van der Waals surface area contributed by atoms with Crippen molar-refractivity contribution in [3.05, 3.63) is 29.1 Å². The molecule has 1 aromatic carbocycles. The molecule has 0 bridgehead atoms. The van der Waals surface area contributed by atoms with Crippen molar-refractivity contribution < 1.29 is 22.0 Å². The van der Waals surface area contributed by atoms with E-state index in [0.29, 0.717) is 0 Å². The van der Waals surface area contributed by atoms with E-state index in [1.807, 2.05) is 0 Å². The minimum absolute atomic E-state index is 1.37. The third kappa shape index (κ3) is 2.02. The van der Waals surface area contributed by atoms with Gasteiger partial charge in [0.15, 0.2) is 29.1 Å². The van der Waals surface area contributed by atoms with Crippen molar-refractivity contribution in [2.24, 2.45) is 11.7 Å². The van der Waals surface area contributed by atoms with E-state index in [1.54, 1.807) is 0 Å². The summed E-state index contributed by atoms with van der Waals surface area (Å²) in [6.45, 7) is 0. The fourth-order valence-corrected chi connectivity index (χ4v) is 0.622. The molecule has 0 aliphatic heterocycles. The van der Waals surface area contributed by atoms with E-state index < -0.39 is 34.5 Å². The number of halogens is 5. The summed E-state index contributed by atoms with van der Waals surface area (Å²) in [7, 11) is 4.56. The summed E-state index contributed by atoms with van der Waals surface area (Å²) in [6, 6.07) is 0. The second-order valence-corrected chi connectivity index (χ2v) is 1.98. The van der Waals surface area contributed by atoms with Crippen LogP contribution in [0.25, 0.3) is 0 Å². The molecule has 2 nitrogen and oxygen atoms in total. The van der Waals surface area contributed by atoms with Gasteiger partial charge < -0.3 is 0 Å². The van der Waals surface area contributed by atoms with Crippen molar-refractivity contribution in [3.8, 4) is 0 Å². The van der Waals surface area contributed by atoms with Gasteiger partial charge in [-0.15, -0.1) is 0 Å². The average Bonchev–Trinajstić information content (AvgIpc) is 2.24. The zero-order valence-corrected chi connectivity index (χ0v) is 6.62. The van der Waals surface area contributed by atoms with E-state index in [4.69, 9.17) is 0 Å². The third-order valence-electron chi connectivity index (χ3n) is 1.24. The van der Waals surface area contributed by atoms with Gasteiger partial charge in [-0.25, -0.2) is 22.0 Å². The highest BCUT2D eigenvalue weighted by Gasteiger charge is 2.22. The first-order valence-corrected chi connectivity index (χ1v) is 3.07. The predicted octanol–water partition coefficient (Wildman–Crippen LogP) is -0.00530. The first-order chi connectivity index (χ1) is 6.46. The highest BCUT2D eigenvalue weighted by atomic mass is 19.2. The molecule has 1 aromatic rings. The van der Waals surface area contributed by atoms with Crippen LogP contribution in [0.2, 0.25) is 0 Å². The summed E-state index contributed by atoms with van der Waals surface area (Å²) in [6.07, 6.45) is 0. The van der Waals surface area contributed by atoms with Gasteiger partial charge in [-0.1, -0.05) is 0 Å². The number of benzene rings is 1. The van der Waals surface area contributed by atoms with Crippen LogP contribution >= 0.6 is 0 Å². The molecular formula is C6H4BF5N2. The molecule has 0 unspecified atom stereocenters. The molecule has 0 saturated heterocycles. The Morgan fingerprint density at radius 3 is 1.14 bits per heavy atom. The summed E-state index contributed by atoms with van der Waals surface area (Å²) in [5.41, 5.74) is -1.37. The van der Waals surface area contributed by atoms with Crippen LogP contribution in [0, 0.1) is 29.1 Å². The van der Waals surface area contributed by atoms with Gasteiger partial charge in [-0.05, 0) is 5.46 Å². The Hall–Kier alpha value is -1.15. The molecule has 0 fully saturated rings. The normalized spacial score (nSPS) is 9.36. The second kappa shape index (κ2) is 4.92. The number of hydrazine groups is 1. The zero-order valence-electron chi connectivity index (χ0n) is 6.62. The third-order valence-corrected chi connectivity index (χ3v) is 1.24. The Morgan fingerprint density at radius 2 is 0.857 bits per heavy atom. The Balaban J connectivity index is 0.000000791. The fraction of sp³-hybridized carbons (Fsp3) is 0. The summed E-state index contributed by atoms with van der Waals surface area (Å²) in [5.74, 6) is -2.30. The van der Waals surface area contributed by atoms with E-state index in [9.17, 15) is 22.0 Å². The molecule has 76 valence electrons. The van der Waals surface area contributed by atoms with Crippen LogP contribution in [0.3, 0.4) is 0 Å².